The first-order valence-electron chi connectivity index (χ1n) is 6.73. The quantitative estimate of drug-likeness (QED) is 0.785. The van der Waals surface area contributed by atoms with Crippen molar-refractivity contribution >= 4 is 22.8 Å². The van der Waals surface area contributed by atoms with Crippen LogP contribution in [-0.2, 0) is 11.2 Å². The van der Waals surface area contributed by atoms with Gasteiger partial charge in [0, 0.05) is 17.6 Å². The van der Waals surface area contributed by atoms with Gasteiger partial charge in [-0.3, -0.25) is 9.36 Å². The molecule has 0 amide bonds. The molecule has 1 aromatic heterocycles. The predicted molar refractivity (Wildman–Crippen MR) is 81.6 cm³/mol. The Morgan fingerprint density at radius 1 is 1.32 bits per heavy atom. The summed E-state index contributed by atoms with van der Waals surface area (Å²) >= 11 is 0. The van der Waals surface area contributed by atoms with Crippen molar-refractivity contribution in [3.05, 3.63) is 30.0 Å². The van der Waals surface area contributed by atoms with Gasteiger partial charge in [-0.25, -0.2) is 0 Å². The second-order valence-corrected chi connectivity index (χ2v) is 4.54. The minimum atomic E-state index is -1.08. The van der Waals surface area contributed by atoms with Gasteiger partial charge in [0.2, 0.25) is 5.91 Å². The number of fused-ring (bicyclic) bond motifs is 1. The molecule has 0 aliphatic rings. The van der Waals surface area contributed by atoms with E-state index in [2.05, 4.69) is 0 Å². The Bertz CT molecular complexity index is 660. The standard InChI is InChI=1S/C13H17N3O2.C2H4O2/c1-18-10-2-3-12-11(6-10)9(4-5-14)8-16(12)13(17)7-15;1-2(3)4/h2-3,6,8H,4-5,7,14-15H2,1H3;1H3,(H,3,4)/p-1. The van der Waals surface area contributed by atoms with Crippen LogP contribution in [0, 0.1) is 0 Å². The molecule has 0 atom stereocenters. The SMILES string of the molecule is CC(=O)[O-].COc1ccc2c(c1)c(CCN)cn2C(=O)CN. The van der Waals surface area contributed by atoms with Crippen LogP contribution >= 0.6 is 0 Å². The van der Waals surface area contributed by atoms with Crippen LogP contribution in [0.4, 0.5) is 0 Å². The minimum absolute atomic E-state index is 0.0160. The van der Waals surface area contributed by atoms with Crippen molar-refractivity contribution in [2.75, 3.05) is 20.2 Å². The van der Waals surface area contributed by atoms with Gasteiger partial charge in [-0.15, -0.1) is 0 Å². The van der Waals surface area contributed by atoms with Gasteiger partial charge >= 0.3 is 0 Å². The highest BCUT2D eigenvalue weighted by molar-refractivity contribution is 5.95. The number of carboxylic acids is 1. The maximum absolute atomic E-state index is 11.8. The third kappa shape index (κ3) is 4.31. The average molecular weight is 306 g/mol. The van der Waals surface area contributed by atoms with Crippen molar-refractivity contribution in [2.45, 2.75) is 13.3 Å². The van der Waals surface area contributed by atoms with Gasteiger partial charge in [-0.05, 0) is 43.7 Å². The predicted octanol–water partition coefficient (Wildman–Crippen LogP) is -0.494. The molecule has 2 rings (SSSR count). The molecule has 0 aliphatic heterocycles. The molecule has 22 heavy (non-hydrogen) atoms. The van der Waals surface area contributed by atoms with Gasteiger partial charge in [0.1, 0.15) is 5.75 Å². The molecule has 4 N–H and O–H groups in total. The van der Waals surface area contributed by atoms with E-state index in [4.69, 9.17) is 26.1 Å². The molecular weight excluding hydrogens is 286 g/mol. The molecule has 0 radical (unpaired) electrons. The minimum Gasteiger partial charge on any atom is -0.550 e. The summed E-state index contributed by atoms with van der Waals surface area (Å²) in [4.78, 5) is 20.7. The highest BCUT2D eigenvalue weighted by Crippen LogP contribution is 2.26. The number of aliphatic carboxylic acids is 1. The number of methoxy groups -OCH3 is 1. The molecule has 120 valence electrons. The number of hydrogen-bond donors (Lipinski definition) is 2. The van der Waals surface area contributed by atoms with Crippen molar-refractivity contribution in [1.29, 1.82) is 0 Å². The Labute approximate surface area is 128 Å². The summed E-state index contributed by atoms with van der Waals surface area (Å²) in [7, 11) is 1.62. The topological polar surface area (TPSA) is 123 Å². The van der Waals surface area contributed by atoms with Gasteiger partial charge in [-0.2, -0.15) is 0 Å². The molecule has 7 heteroatoms. The number of aromatic nitrogens is 1. The number of benzene rings is 1. The van der Waals surface area contributed by atoms with E-state index in [1.807, 2.05) is 24.4 Å². The average Bonchev–Trinajstić information content (AvgIpc) is 2.84. The Morgan fingerprint density at radius 2 is 1.95 bits per heavy atom. The van der Waals surface area contributed by atoms with Crippen molar-refractivity contribution in [3.63, 3.8) is 0 Å². The van der Waals surface area contributed by atoms with Gasteiger partial charge in [0.05, 0.1) is 19.2 Å². The van der Waals surface area contributed by atoms with Gasteiger partial charge in [-0.1, -0.05) is 0 Å². The Kier molecular flexibility index (Phi) is 6.55. The summed E-state index contributed by atoms with van der Waals surface area (Å²) in [5.74, 6) is -0.452. The van der Waals surface area contributed by atoms with E-state index < -0.39 is 5.97 Å². The van der Waals surface area contributed by atoms with Gasteiger partial charge in [0.25, 0.3) is 0 Å². The van der Waals surface area contributed by atoms with Gasteiger partial charge in [0.15, 0.2) is 0 Å². The fraction of sp³-hybridized carbons (Fsp3) is 0.333. The van der Waals surface area contributed by atoms with Crippen molar-refractivity contribution < 1.29 is 19.4 Å². The third-order valence-corrected chi connectivity index (χ3v) is 2.95. The van der Waals surface area contributed by atoms with Crippen molar-refractivity contribution in [1.82, 2.24) is 4.57 Å². The lowest BCUT2D eigenvalue weighted by atomic mass is 10.1. The number of carbonyl (C=O) groups excluding carboxylic acids is 2. The fourth-order valence-electron chi connectivity index (χ4n) is 2.06. The number of carboxylic acid groups (broad SMARTS) is 1. The molecule has 2 aromatic rings. The molecule has 0 spiro atoms. The second kappa shape index (κ2) is 8.16. The zero-order valence-electron chi connectivity index (χ0n) is 12.7. The molecule has 0 fully saturated rings. The van der Waals surface area contributed by atoms with E-state index in [1.165, 1.54) is 0 Å². The maximum Gasteiger partial charge on any atom is 0.244 e. The van der Waals surface area contributed by atoms with Crippen molar-refractivity contribution in [2.24, 2.45) is 11.5 Å². The highest BCUT2D eigenvalue weighted by Gasteiger charge is 2.12. The van der Waals surface area contributed by atoms with Crippen LogP contribution in [-0.4, -0.2) is 36.6 Å². The number of hydrogen-bond acceptors (Lipinski definition) is 6. The molecule has 0 saturated heterocycles. The van der Waals surface area contributed by atoms with Crippen LogP contribution < -0.4 is 21.3 Å². The van der Waals surface area contributed by atoms with E-state index in [0.29, 0.717) is 13.0 Å². The van der Waals surface area contributed by atoms with E-state index in [9.17, 15) is 4.79 Å². The highest BCUT2D eigenvalue weighted by atomic mass is 16.5. The summed E-state index contributed by atoms with van der Waals surface area (Å²) in [5.41, 5.74) is 12.9. The smallest absolute Gasteiger partial charge is 0.244 e. The van der Waals surface area contributed by atoms with E-state index >= 15 is 0 Å². The number of nitrogens with two attached hydrogens (primary N) is 2. The molecule has 1 heterocycles. The zero-order valence-corrected chi connectivity index (χ0v) is 12.7. The summed E-state index contributed by atoms with van der Waals surface area (Å²) in [5, 5.41) is 9.88. The maximum atomic E-state index is 11.8. The molecule has 0 unspecified atom stereocenters. The Morgan fingerprint density at radius 3 is 2.45 bits per heavy atom. The summed E-state index contributed by atoms with van der Waals surface area (Å²) in [6.07, 6.45) is 2.53. The number of ether oxygens (including phenoxy) is 1. The lowest BCUT2D eigenvalue weighted by Crippen LogP contribution is -2.20. The van der Waals surface area contributed by atoms with Crippen LogP contribution in [0.1, 0.15) is 17.3 Å². The fourth-order valence-corrected chi connectivity index (χ4v) is 2.06. The molecule has 7 nitrogen and oxygen atoms in total. The number of carbonyl (C=O) groups is 2. The molecule has 0 aliphatic carbocycles. The van der Waals surface area contributed by atoms with E-state index in [-0.39, 0.29) is 12.5 Å². The van der Waals surface area contributed by atoms with Crippen LogP contribution in [0.5, 0.6) is 5.75 Å². The van der Waals surface area contributed by atoms with Crippen LogP contribution in [0.3, 0.4) is 0 Å². The lowest BCUT2D eigenvalue weighted by Gasteiger charge is -2.03. The van der Waals surface area contributed by atoms with E-state index in [0.717, 1.165) is 29.1 Å². The first kappa shape index (κ1) is 17.7. The zero-order chi connectivity index (χ0) is 16.7. The second-order valence-electron chi connectivity index (χ2n) is 4.54. The molecule has 1 aromatic carbocycles. The Balaban J connectivity index is 0.000000541. The number of rotatable bonds is 4. The first-order valence-corrected chi connectivity index (χ1v) is 6.73. The summed E-state index contributed by atoms with van der Waals surface area (Å²) in [6, 6.07) is 5.61. The third-order valence-electron chi connectivity index (χ3n) is 2.95. The first-order chi connectivity index (χ1) is 10.4. The lowest BCUT2D eigenvalue weighted by molar-refractivity contribution is -0.302. The molecule has 0 saturated carbocycles. The summed E-state index contributed by atoms with van der Waals surface area (Å²) in [6.45, 7) is 1.49. The van der Waals surface area contributed by atoms with Crippen LogP contribution in [0.25, 0.3) is 10.9 Å². The van der Waals surface area contributed by atoms with Crippen LogP contribution in [0.15, 0.2) is 24.4 Å². The van der Waals surface area contributed by atoms with E-state index in [1.54, 1.807) is 11.7 Å². The molecular formula is C15H20N3O4-. The Hall–Kier alpha value is -2.38. The van der Waals surface area contributed by atoms with Crippen LogP contribution in [0.2, 0.25) is 0 Å². The van der Waals surface area contributed by atoms with Crippen molar-refractivity contribution in [3.8, 4) is 5.75 Å². The normalized spacial score (nSPS) is 10.0. The molecule has 0 bridgehead atoms. The largest absolute Gasteiger partial charge is 0.550 e. The monoisotopic (exact) mass is 306 g/mol. The number of nitrogens with zero attached hydrogens (tertiary/aromatic N) is 1. The summed E-state index contributed by atoms with van der Waals surface area (Å²) < 4.78 is 6.78. The van der Waals surface area contributed by atoms with Gasteiger partial charge < -0.3 is 26.1 Å².